The Morgan fingerprint density at radius 1 is 1.19 bits per heavy atom. The summed E-state index contributed by atoms with van der Waals surface area (Å²) in [6.45, 7) is 3.51. The van der Waals surface area contributed by atoms with Crippen LogP contribution in [0.5, 0.6) is 0 Å². The lowest BCUT2D eigenvalue weighted by atomic mass is 10.0. The van der Waals surface area contributed by atoms with Crippen molar-refractivity contribution in [2.45, 2.75) is 13.8 Å². The van der Waals surface area contributed by atoms with Gasteiger partial charge in [0.15, 0.2) is 10.8 Å². The number of carboxylic acid groups (broad SMARTS) is 1. The Balaban J connectivity index is 2.37. The van der Waals surface area contributed by atoms with Crippen LogP contribution >= 0.6 is 11.6 Å². The van der Waals surface area contributed by atoms with Gasteiger partial charge in [0.2, 0.25) is 0 Å². The van der Waals surface area contributed by atoms with Crippen molar-refractivity contribution in [2.75, 3.05) is 5.32 Å². The largest absolute Gasteiger partial charge is 0.478 e. The quantitative estimate of drug-likeness (QED) is 0.909. The first kappa shape index (κ1) is 14.9. The summed E-state index contributed by atoms with van der Waals surface area (Å²) in [5, 5.41) is 19.2. The fourth-order valence-corrected chi connectivity index (χ4v) is 2.02. The number of anilines is 1. The van der Waals surface area contributed by atoms with E-state index in [1.165, 1.54) is 18.2 Å². The number of carbonyl (C=O) groups excluding carboxylic acids is 1. The third kappa shape index (κ3) is 3.35. The van der Waals surface area contributed by atoms with Crippen LogP contribution in [0.1, 0.15) is 32.0 Å². The van der Waals surface area contributed by atoms with Crippen molar-refractivity contribution in [1.82, 2.24) is 10.2 Å². The molecule has 2 aromatic rings. The van der Waals surface area contributed by atoms with Crippen LogP contribution in [0.15, 0.2) is 24.3 Å². The van der Waals surface area contributed by atoms with Crippen LogP contribution in [0.25, 0.3) is 0 Å². The number of nitrogens with one attached hydrogen (secondary N) is 1. The highest BCUT2D eigenvalue weighted by molar-refractivity contribution is 6.29. The average molecular weight is 306 g/mol. The molecule has 0 aliphatic rings. The normalized spacial score (nSPS) is 10.2. The lowest BCUT2D eigenvalue weighted by Gasteiger charge is -2.12. The molecule has 108 valence electrons. The summed E-state index contributed by atoms with van der Waals surface area (Å²) in [4.78, 5) is 23.4. The molecule has 6 nitrogen and oxygen atoms in total. The number of nitrogens with zero attached hydrogens (tertiary/aromatic N) is 2. The number of hydrogen-bond acceptors (Lipinski definition) is 4. The van der Waals surface area contributed by atoms with E-state index in [2.05, 4.69) is 15.5 Å². The Morgan fingerprint density at radius 2 is 1.90 bits per heavy atom. The lowest BCUT2D eigenvalue weighted by molar-refractivity contribution is 0.0698. The van der Waals surface area contributed by atoms with E-state index in [0.717, 1.165) is 5.56 Å². The first-order valence-corrected chi connectivity index (χ1v) is 6.41. The van der Waals surface area contributed by atoms with Gasteiger partial charge in [-0.3, -0.25) is 4.79 Å². The molecule has 0 saturated heterocycles. The van der Waals surface area contributed by atoms with Crippen LogP contribution < -0.4 is 5.32 Å². The van der Waals surface area contributed by atoms with Gasteiger partial charge >= 0.3 is 5.97 Å². The maximum atomic E-state index is 12.1. The van der Waals surface area contributed by atoms with E-state index in [-0.39, 0.29) is 22.1 Å². The molecule has 0 aliphatic heterocycles. The molecule has 21 heavy (non-hydrogen) atoms. The third-order valence-electron chi connectivity index (χ3n) is 2.81. The molecular weight excluding hydrogens is 294 g/mol. The second-order valence-electron chi connectivity index (χ2n) is 4.50. The van der Waals surface area contributed by atoms with Gasteiger partial charge in [-0.1, -0.05) is 17.7 Å². The summed E-state index contributed by atoms with van der Waals surface area (Å²) in [6, 6.07) is 6.13. The number of aromatic carboxylic acids is 1. The summed E-state index contributed by atoms with van der Waals surface area (Å²) in [7, 11) is 0. The minimum atomic E-state index is -1.11. The van der Waals surface area contributed by atoms with Crippen molar-refractivity contribution in [3.05, 3.63) is 51.8 Å². The monoisotopic (exact) mass is 305 g/mol. The first-order valence-electron chi connectivity index (χ1n) is 6.03. The molecule has 0 radical (unpaired) electrons. The molecule has 0 fully saturated rings. The van der Waals surface area contributed by atoms with Crippen molar-refractivity contribution in [3.8, 4) is 0 Å². The number of amides is 1. The van der Waals surface area contributed by atoms with Gasteiger partial charge in [-0.05, 0) is 43.2 Å². The predicted octanol–water partition coefficient (Wildman–Crippen LogP) is 2.70. The molecule has 0 atom stereocenters. The average Bonchev–Trinajstić information content (AvgIpc) is 2.41. The molecule has 1 aromatic heterocycles. The van der Waals surface area contributed by atoms with E-state index in [4.69, 9.17) is 11.6 Å². The standard InChI is InChI=1S/C14H12ClN3O3/c1-7-5-8(2)12(9(6-7)14(20)21)16-13(19)10-3-4-11(15)18-17-10/h3-6H,1-2H3,(H,16,19)(H,20,21). The van der Waals surface area contributed by atoms with E-state index in [0.29, 0.717) is 5.56 Å². The molecule has 0 aliphatic carbocycles. The van der Waals surface area contributed by atoms with E-state index in [1.807, 2.05) is 0 Å². The SMILES string of the molecule is Cc1cc(C)c(NC(=O)c2ccc(Cl)nn2)c(C(=O)O)c1. The summed E-state index contributed by atoms with van der Waals surface area (Å²) < 4.78 is 0. The molecule has 0 unspecified atom stereocenters. The second kappa shape index (κ2) is 5.88. The number of carbonyl (C=O) groups is 2. The number of halogens is 1. The molecule has 2 N–H and O–H groups in total. The summed E-state index contributed by atoms with van der Waals surface area (Å²) in [6.07, 6.45) is 0. The highest BCUT2D eigenvalue weighted by Gasteiger charge is 2.17. The zero-order valence-electron chi connectivity index (χ0n) is 11.3. The number of benzene rings is 1. The van der Waals surface area contributed by atoms with Crippen LogP contribution in [0.3, 0.4) is 0 Å². The van der Waals surface area contributed by atoms with Crippen LogP contribution in [0.2, 0.25) is 5.15 Å². The maximum Gasteiger partial charge on any atom is 0.337 e. The molecule has 1 aromatic carbocycles. The Labute approximate surface area is 125 Å². The topological polar surface area (TPSA) is 92.2 Å². The number of aryl methyl sites for hydroxylation is 2. The van der Waals surface area contributed by atoms with Gasteiger partial charge in [0.25, 0.3) is 5.91 Å². The van der Waals surface area contributed by atoms with Crippen molar-refractivity contribution >= 4 is 29.2 Å². The predicted molar refractivity (Wildman–Crippen MR) is 77.9 cm³/mol. The van der Waals surface area contributed by atoms with Crippen molar-refractivity contribution in [3.63, 3.8) is 0 Å². The molecule has 2 rings (SSSR count). The van der Waals surface area contributed by atoms with Crippen LogP contribution in [0.4, 0.5) is 5.69 Å². The summed E-state index contributed by atoms with van der Waals surface area (Å²) in [5.41, 5.74) is 1.78. The molecule has 7 heteroatoms. The molecule has 0 saturated carbocycles. The lowest BCUT2D eigenvalue weighted by Crippen LogP contribution is -2.17. The number of carboxylic acids is 1. The van der Waals surface area contributed by atoms with Gasteiger partial charge in [0.05, 0.1) is 11.3 Å². The fourth-order valence-electron chi connectivity index (χ4n) is 1.92. The van der Waals surface area contributed by atoms with Crippen LogP contribution in [0, 0.1) is 13.8 Å². The van der Waals surface area contributed by atoms with E-state index >= 15 is 0 Å². The Morgan fingerprint density at radius 3 is 2.48 bits per heavy atom. The number of aromatic nitrogens is 2. The molecule has 1 amide bonds. The van der Waals surface area contributed by atoms with Gasteiger partial charge in [0.1, 0.15) is 0 Å². The van der Waals surface area contributed by atoms with Crippen molar-refractivity contribution in [2.24, 2.45) is 0 Å². The van der Waals surface area contributed by atoms with Gasteiger partial charge in [-0.2, -0.15) is 0 Å². The van der Waals surface area contributed by atoms with Gasteiger partial charge < -0.3 is 10.4 Å². The Kier molecular flexibility index (Phi) is 4.18. The molecular formula is C14H12ClN3O3. The number of rotatable bonds is 3. The first-order chi connectivity index (χ1) is 9.88. The van der Waals surface area contributed by atoms with E-state index in [1.54, 1.807) is 19.9 Å². The number of hydrogen-bond donors (Lipinski definition) is 2. The highest BCUT2D eigenvalue weighted by Crippen LogP contribution is 2.23. The summed E-state index contributed by atoms with van der Waals surface area (Å²) in [5.74, 6) is -1.66. The minimum Gasteiger partial charge on any atom is -0.478 e. The van der Waals surface area contributed by atoms with E-state index in [9.17, 15) is 14.7 Å². The summed E-state index contributed by atoms with van der Waals surface area (Å²) >= 11 is 5.60. The Bertz CT molecular complexity index is 714. The zero-order chi connectivity index (χ0) is 15.6. The van der Waals surface area contributed by atoms with Crippen LogP contribution in [-0.2, 0) is 0 Å². The van der Waals surface area contributed by atoms with Crippen molar-refractivity contribution in [1.29, 1.82) is 0 Å². The van der Waals surface area contributed by atoms with Gasteiger partial charge in [0, 0.05) is 0 Å². The third-order valence-corrected chi connectivity index (χ3v) is 3.02. The fraction of sp³-hybridized carbons (Fsp3) is 0.143. The molecule has 0 spiro atoms. The van der Waals surface area contributed by atoms with Crippen molar-refractivity contribution < 1.29 is 14.7 Å². The maximum absolute atomic E-state index is 12.1. The Hall–Kier alpha value is -2.47. The van der Waals surface area contributed by atoms with Gasteiger partial charge in [-0.15, -0.1) is 10.2 Å². The smallest absolute Gasteiger partial charge is 0.337 e. The van der Waals surface area contributed by atoms with Gasteiger partial charge in [-0.25, -0.2) is 4.79 Å². The highest BCUT2D eigenvalue weighted by atomic mass is 35.5. The minimum absolute atomic E-state index is 0.0303. The zero-order valence-corrected chi connectivity index (χ0v) is 12.1. The second-order valence-corrected chi connectivity index (χ2v) is 4.89. The van der Waals surface area contributed by atoms with Crippen LogP contribution in [-0.4, -0.2) is 27.2 Å². The van der Waals surface area contributed by atoms with E-state index < -0.39 is 11.9 Å². The molecule has 1 heterocycles. The molecule has 0 bridgehead atoms.